The third-order valence-electron chi connectivity index (χ3n) is 6.66. The number of rotatable bonds is 8. The zero-order valence-corrected chi connectivity index (χ0v) is 21.2. The van der Waals surface area contributed by atoms with E-state index >= 15 is 0 Å². The third-order valence-corrected chi connectivity index (χ3v) is 7.44. The molecule has 0 radical (unpaired) electrons. The normalized spacial score (nSPS) is 23.1. The number of nitrogens with one attached hydrogen (secondary N) is 1. The van der Waals surface area contributed by atoms with Crippen molar-refractivity contribution in [2.24, 2.45) is 11.8 Å². The van der Waals surface area contributed by atoms with Gasteiger partial charge in [0.1, 0.15) is 5.75 Å². The Hall–Kier alpha value is -0.000000000000000111. The fourth-order valence-electron chi connectivity index (χ4n) is 4.87. The topological polar surface area (TPSA) is 24.5 Å². The summed E-state index contributed by atoms with van der Waals surface area (Å²) < 4.78 is 6.61. The molecule has 0 unspecified atom stereocenters. The number of hydrogen-bond acceptors (Lipinski definition) is 3. The van der Waals surface area contributed by atoms with Crippen LogP contribution in [0.3, 0.4) is 0 Å². The number of piperidine rings is 1. The summed E-state index contributed by atoms with van der Waals surface area (Å²) in [6, 6.07) is 7.13. The van der Waals surface area contributed by atoms with E-state index in [9.17, 15) is 0 Å². The maximum atomic E-state index is 5.39. The van der Waals surface area contributed by atoms with Crippen molar-refractivity contribution in [3.63, 3.8) is 0 Å². The molecule has 0 bridgehead atoms. The average Bonchev–Trinajstić information content (AvgIpc) is 2.70. The molecule has 1 aliphatic carbocycles. The molecule has 0 amide bonds. The molecule has 1 saturated carbocycles. The highest BCUT2D eigenvalue weighted by Crippen LogP contribution is 2.30. The van der Waals surface area contributed by atoms with Crippen LogP contribution in [-0.4, -0.2) is 44.2 Å². The van der Waals surface area contributed by atoms with Gasteiger partial charge in [-0.25, -0.2) is 0 Å². The van der Waals surface area contributed by atoms with Crippen LogP contribution < -0.4 is 10.1 Å². The summed E-state index contributed by atoms with van der Waals surface area (Å²) in [5.74, 6) is 2.74. The second-order valence-electron chi connectivity index (χ2n) is 8.51. The molecule has 1 aliphatic heterocycles. The van der Waals surface area contributed by atoms with Crippen LogP contribution in [0.2, 0.25) is 0 Å². The van der Waals surface area contributed by atoms with E-state index < -0.39 is 0 Å². The van der Waals surface area contributed by atoms with Gasteiger partial charge in [0.05, 0.1) is 7.11 Å². The Morgan fingerprint density at radius 3 is 2.34 bits per heavy atom. The Morgan fingerprint density at radius 2 is 1.72 bits per heavy atom. The van der Waals surface area contributed by atoms with Crippen molar-refractivity contribution in [3.05, 3.63) is 28.2 Å². The molecular weight excluding hydrogens is 471 g/mol. The van der Waals surface area contributed by atoms with E-state index in [-0.39, 0.29) is 24.8 Å². The highest BCUT2D eigenvalue weighted by molar-refractivity contribution is 9.10. The zero-order valence-electron chi connectivity index (χ0n) is 18.0. The largest absolute Gasteiger partial charge is 0.497 e. The van der Waals surface area contributed by atoms with Crippen molar-refractivity contribution in [2.75, 3.05) is 33.3 Å². The summed E-state index contributed by atoms with van der Waals surface area (Å²) >= 11 is 3.71. The van der Waals surface area contributed by atoms with Gasteiger partial charge in [0.25, 0.3) is 0 Å². The maximum Gasteiger partial charge on any atom is 0.119 e. The lowest BCUT2D eigenvalue weighted by Gasteiger charge is -2.34. The molecule has 168 valence electrons. The summed E-state index contributed by atoms with van der Waals surface area (Å²) in [7, 11) is 1.75. The fourth-order valence-corrected chi connectivity index (χ4v) is 5.28. The van der Waals surface area contributed by atoms with Gasteiger partial charge in [0.15, 0.2) is 0 Å². The summed E-state index contributed by atoms with van der Waals surface area (Å²) in [4.78, 5) is 2.72. The molecule has 3 nitrogen and oxygen atoms in total. The maximum absolute atomic E-state index is 5.39. The number of benzene rings is 1. The van der Waals surface area contributed by atoms with Crippen LogP contribution >= 0.6 is 40.7 Å². The van der Waals surface area contributed by atoms with Gasteiger partial charge in [0, 0.05) is 10.5 Å². The molecule has 3 rings (SSSR count). The number of halogens is 3. The van der Waals surface area contributed by atoms with E-state index in [2.05, 4.69) is 45.2 Å². The monoisotopic (exact) mass is 508 g/mol. The average molecular weight is 510 g/mol. The van der Waals surface area contributed by atoms with Crippen LogP contribution in [0.5, 0.6) is 5.75 Å². The number of nitrogens with zero attached hydrogens (tertiary/aromatic N) is 1. The Labute approximate surface area is 198 Å². The minimum absolute atomic E-state index is 0. The van der Waals surface area contributed by atoms with Crippen molar-refractivity contribution in [1.82, 2.24) is 10.2 Å². The molecule has 1 aromatic carbocycles. The van der Waals surface area contributed by atoms with Gasteiger partial charge in [-0.15, -0.1) is 24.8 Å². The summed E-state index contributed by atoms with van der Waals surface area (Å²) in [5, 5.41) is 3.62. The predicted octanol–water partition coefficient (Wildman–Crippen LogP) is 6.11. The molecular formula is C23H39BrCl2N2O. The van der Waals surface area contributed by atoms with Gasteiger partial charge >= 0.3 is 0 Å². The van der Waals surface area contributed by atoms with Gasteiger partial charge < -0.3 is 15.0 Å². The van der Waals surface area contributed by atoms with Crippen molar-refractivity contribution in [3.8, 4) is 5.75 Å². The van der Waals surface area contributed by atoms with Gasteiger partial charge in [0.2, 0.25) is 0 Å². The molecule has 0 atom stereocenters. The molecule has 1 heterocycles. The molecule has 0 aromatic heterocycles. The first-order valence-corrected chi connectivity index (χ1v) is 11.7. The summed E-state index contributed by atoms with van der Waals surface area (Å²) in [6.07, 6.45) is 10.9. The molecule has 1 aromatic rings. The fraction of sp³-hybridized carbons (Fsp3) is 0.739. The number of methoxy groups -OCH3 is 1. The first kappa shape index (κ1) is 27.0. The smallest absolute Gasteiger partial charge is 0.119 e. The molecule has 1 N–H and O–H groups in total. The van der Waals surface area contributed by atoms with Crippen LogP contribution in [0, 0.1) is 11.8 Å². The van der Waals surface area contributed by atoms with E-state index in [4.69, 9.17) is 4.74 Å². The highest BCUT2D eigenvalue weighted by Gasteiger charge is 2.23. The standard InChI is InChI=1S/C23H37BrN2O.2ClH/c1-3-25-21-6-4-18(5-7-21)10-13-26-14-11-19(12-15-26)16-20-17-22(27-2)8-9-23(20)24;;/h8-9,17-19,21,25H,3-7,10-16H2,1-2H3;2*1H/t18-,21-;;. The van der Waals surface area contributed by atoms with Crippen LogP contribution in [-0.2, 0) is 6.42 Å². The Kier molecular flexibility index (Phi) is 13.2. The number of likely N-dealkylation sites (tertiary alicyclic amines) is 1. The SMILES string of the molecule is CCN[C@H]1CC[C@H](CCN2CCC(Cc3cc(OC)ccc3Br)CC2)CC1.Cl.Cl. The van der Waals surface area contributed by atoms with E-state index in [1.807, 2.05) is 6.07 Å². The van der Waals surface area contributed by atoms with Gasteiger partial charge in [-0.05, 0) is 113 Å². The van der Waals surface area contributed by atoms with Crippen LogP contribution in [0.1, 0.15) is 57.4 Å². The van der Waals surface area contributed by atoms with Crippen molar-refractivity contribution in [1.29, 1.82) is 0 Å². The van der Waals surface area contributed by atoms with E-state index in [0.29, 0.717) is 0 Å². The lowest BCUT2D eigenvalue weighted by Crippen LogP contribution is -2.37. The first-order chi connectivity index (χ1) is 13.2. The Bertz CT molecular complexity index is 574. The number of hydrogen-bond donors (Lipinski definition) is 1. The second kappa shape index (κ2) is 14.1. The van der Waals surface area contributed by atoms with Crippen molar-refractivity contribution in [2.45, 2.75) is 64.3 Å². The van der Waals surface area contributed by atoms with Crippen molar-refractivity contribution >= 4 is 40.7 Å². The van der Waals surface area contributed by atoms with Gasteiger partial charge in [-0.2, -0.15) is 0 Å². The van der Waals surface area contributed by atoms with Crippen LogP contribution in [0.4, 0.5) is 0 Å². The zero-order chi connectivity index (χ0) is 19.1. The van der Waals surface area contributed by atoms with Crippen molar-refractivity contribution < 1.29 is 4.74 Å². The molecule has 2 fully saturated rings. The molecule has 6 heteroatoms. The van der Waals surface area contributed by atoms with E-state index in [0.717, 1.165) is 30.2 Å². The minimum atomic E-state index is 0. The van der Waals surface area contributed by atoms with E-state index in [1.54, 1.807) is 7.11 Å². The second-order valence-corrected chi connectivity index (χ2v) is 9.36. The lowest BCUT2D eigenvalue weighted by molar-refractivity contribution is 0.163. The first-order valence-electron chi connectivity index (χ1n) is 11.0. The van der Waals surface area contributed by atoms with Gasteiger partial charge in [-0.1, -0.05) is 22.9 Å². The van der Waals surface area contributed by atoms with Crippen LogP contribution in [0.25, 0.3) is 0 Å². The Balaban J connectivity index is 0.00000210. The summed E-state index contributed by atoms with van der Waals surface area (Å²) in [6.45, 7) is 7.21. The highest BCUT2D eigenvalue weighted by atomic mass is 79.9. The van der Waals surface area contributed by atoms with Crippen LogP contribution in [0.15, 0.2) is 22.7 Å². The number of ether oxygens (including phenoxy) is 1. The van der Waals surface area contributed by atoms with Gasteiger partial charge in [-0.3, -0.25) is 0 Å². The quantitative estimate of drug-likeness (QED) is 0.457. The summed E-state index contributed by atoms with van der Waals surface area (Å²) in [5.41, 5.74) is 1.39. The Morgan fingerprint density at radius 1 is 1.03 bits per heavy atom. The molecule has 29 heavy (non-hydrogen) atoms. The predicted molar refractivity (Wildman–Crippen MR) is 132 cm³/mol. The lowest BCUT2D eigenvalue weighted by atomic mass is 9.83. The third kappa shape index (κ3) is 8.57. The minimum Gasteiger partial charge on any atom is -0.497 e. The molecule has 0 spiro atoms. The molecule has 2 aliphatic rings. The van der Waals surface area contributed by atoms with E-state index in [1.165, 1.54) is 81.0 Å². The molecule has 1 saturated heterocycles.